The molecule has 0 aromatic heterocycles. The number of likely N-dealkylation sites (N-methyl/N-ethyl adjacent to an activating group) is 1. The normalized spacial score (nSPS) is 21.1. The molecule has 0 spiro atoms. The maximum Gasteiger partial charge on any atom is 0.119 e. The van der Waals surface area contributed by atoms with Gasteiger partial charge in [0.05, 0.1) is 32.5 Å². The lowest BCUT2D eigenvalue weighted by atomic mass is 9.85. The van der Waals surface area contributed by atoms with Gasteiger partial charge in [0.2, 0.25) is 0 Å². The zero-order valence-electron chi connectivity index (χ0n) is 13.4. The summed E-state index contributed by atoms with van der Waals surface area (Å²) in [6.45, 7) is 7.12. The minimum Gasteiger partial charge on any atom is -0.497 e. The molecule has 0 aliphatic heterocycles. The van der Waals surface area contributed by atoms with Gasteiger partial charge in [-0.25, -0.2) is 0 Å². The number of benzene rings is 1. The van der Waals surface area contributed by atoms with Crippen molar-refractivity contribution in [2.75, 3.05) is 33.5 Å². The van der Waals surface area contributed by atoms with Crippen molar-refractivity contribution in [2.24, 2.45) is 0 Å². The van der Waals surface area contributed by atoms with Crippen LogP contribution in [0, 0.1) is 0 Å². The van der Waals surface area contributed by atoms with Crippen LogP contribution in [0.25, 0.3) is 0 Å². The first-order chi connectivity index (χ1) is 10.3. The van der Waals surface area contributed by atoms with Crippen LogP contribution < -0.4 is 10.1 Å². The van der Waals surface area contributed by atoms with Crippen molar-refractivity contribution < 1.29 is 14.2 Å². The molecule has 4 heteroatoms. The summed E-state index contributed by atoms with van der Waals surface area (Å²) in [5, 5.41) is 3.56. The molecule has 1 N–H and O–H groups in total. The predicted octanol–water partition coefficient (Wildman–Crippen LogP) is 2.71. The molecule has 0 saturated heterocycles. The lowest BCUT2D eigenvalue weighted by Crippen LogP contribution is -2.38. The van der Waals surface area contributed by atoms with Gasteiger partial charge < -0.3 is 19.5 Å². The highest BCUT2D eigenvalue weighted by Crippen LogP contribution is 2.34. The van der Waals surface area contributed by atoms with Gasteiger partial charge in [0.15, 0.2) is 0 Å². The summed E-state index contributed by atoms with van der Waals surface area (Å²) in [6.07, 6.45) is 2.30. The van der Waals surface area contributed by atoms with Crippen LogP contribution in [0.2, 0.25) is 0 Å². The Balaban J connectivity index is 2.09. The van der Waals surface area contributed by atoms with Crippen molar-refractivity contribution in [2.45, 2.75) is 38.8 Å². The number of nitrogens with one attached hydrogen (secondary N) is 1. The molecule has 0 fully saturated rings. The first-order valence-electron chi connectivity index (χ1n) is 7.89. The molecule has 2 rings (SSSR count). The van der Waals surface area contributed by atoms with Crippen LogP contribution in [0.4, 0.5) is 0 Å². The minimum absolute atomic E-state index is 0.199. The van der Waals surface area contributed by atoms with E-state index in [1.807, 2.05) is 13.0 Å². The Bertz CT molecular complexity index is 436. The molecule has 118 valence electrons. The molecule has 4 nitrogen and oxygen atoms in total. The Hall–Kier alpha value is -1.10. The van der Waals surface area contributed by atoms with Crippen molar-refractivity contribution in [3.63, 3.8) is 0 Å². The van der Waals surface area contributed by atoms with Gasteiger partial charge in [-0.15, -0.1) is 0 Å². The first-order valence-corrected chi connectivity index (χ1v) is 7.89. The van der Waals surface area contributed by atoms with E-state index < -0.39 is 0 Å². The zero-order chi connectivity index (χ0) is 15.1. The summed E-state index contributed by atoms with van der Waals surface area (Å²) in [4.78, 5) is 0. The highest BCUT2D eigenvalue weighted by molar-refractivity contribution is 5.40. The van der Waals surface area contributed by atoms with Crippen LogP contribution in [-0.2, 0) is 15.9 Å². The number of hydrogen-bond donors (Lipinski definition) is 1. The smallest absolute Gasteiger partial charge is 0.119 e. The molecular weight excluding hydrogens is 266 g/mol. The van der Waals surface area contributed by atoms with E-state index in [1.54, 1.807) is 7.11 Å². The maximum absolute atomic E-state index is 6.05. The average molecular weight is 293 g/mol. The van der Waals surface area contributed by atoms with E-state index in [0.717, 1.165) is 31.7 Å². The van der Waals surface area contributed by atoms with Crippen LogP contribution in [0.5, 0.6) is 5.75 Å². The Morgan fingerprint density at radius 2 is 2.10 bits per heavy atom. The van der Waals surface area contributed by atoms with Gasteiger partial charge in [0, 0.05) is 6.61 Å². The maximum atomic E-state index is 6.05. The fraction of sp³-hybridized carbons (Fsp3) is 0.647. The fourth-order valence-electron chi connectivity index (χ4n) is 2.93. The number of ether oxygens (including phenoxy) is 3. The molecule has 2 atom stereocenters. The number of rotatable bonds is 8. The summed E-state index contributed by atoms with van der Waals surface area (Å²) >= 11 is 0. The predicted molar refractivity (Wildman–Crippen MR) is 84.0 cm³/mol. The third-order valence-corrected chi connectivity index (χ3v) is 3.95. The molecule has 1 aliphatic rings. The van der Waals surface area contributed by atoms with E-state index in [1.165, 1.54) is 11.1 Å². The van der Waals surface area contributed by atoms with Gasteiger partial charge >= 0.3 is 0 Å². The van der Waals surface area contributed by atoms with E-state index in [0.29, 0.717) is 13.2 Å². The molecule has 0 amide bonds. The van der Waals surface area contributed by atoms with Crippen LogP contribution >= 0.6 is 0 Å². The molecule has 0 saturated carbocycles. The molecule has 1 aromatic rings. The molecule has 0 heterocycles. The largest absolute Gasteiger partial charge is 0.497 e. The topological polar surface area (TPSA) is 39.7 Å². The summed E-state index contributed by atoms with van der Waals surface area (Å²) in [7, 11) is 1.71. The van der Waals surface area contributed by atoms with Gasteiger partial charge in [-0.05, 0) is 49.6 Å². The molecule has 1 aromatic carbocycles. The van der Waals surface area contributed by atoms with E-state index in [9.17, 15) is 0 Å². The van der Waals surface area contributed by atoms with Crippen LogP contribution in [0.3, 0.4) is 0 Å². The van der Waals surface area contributed by atoms with E-state index >= 15 is 0 Å². The molecule has 2 unspecified atom stereocenters. The number of hydrogen-bond acceptors (Lipinski definition) is 4. The first kappa shape index (κ1) is 16.3. The quantitative estimate of drug-likeness (QED) is 0.748. The van der Waals surface area contributed by atoms with Crippen LogP contribution in [-0.4, -0.2) is 39.6 Å². The zero-order valence-corrected chi connectivity index (χ0v) is 13.4. The van der Waals surface area contributed by atoms with E-state index in [-0.39, 0.29) is 12.1 Å². The van der Waals surface area contributed by atoms with Gasteiger partial charge in [0.1, 0.15) is 5.75 Å². The Morgan fingerprint density at radius 3 is 2.81 bits per heavy atom. The lowest BCUT2D eigenvalue weighted by molar-refractivity contribution is -0.0167. The molecular formula is C17H27NO3. The Labute approximate surface area is 127 Å². The monoisotopic (exact) mass is 293 g/mol. The van der Waals surface area contributed by atoms with Crippen molar-refractivity contribution in [1.29, 1.82) is 0 Å². The van der Waals surface area contributed by atoms with Crippen molar-refractivity contribution >= 4 is 0 Å². The summed E-state index contributed by atoms with van der Waals surface area (Å²) in [5.74, 6) is 0.909. The molecule has 0 bridgehead atoms. The SMILES string of the molecule is CCNC1c2cc(OC)ccc2CCC1OCCOCC. The van der Waals surface area contributed by atoms with Gasteiger partial charge in [0.25, 0.3) is 0 Å². The Morgan fingerprint density at radius 1 is 1.24 bits per heavy atom. The van der Waals surface area contributed by atoms with Crippen molar-refractivity contribution in [3.8, 4) is 5.75 Å². The van der Waals surface area contributed by atoms with Crippen LogP contribution in [0.15, 0.2) is 18.2 Å². The molecule has 0 radical (unpaired) electrons. The van der Waals surface area contributed by atoms with Crippen LogP contribution in [0.1, 0.15) is 37.4 Å². The van der Waals surface area contributed by atoms with Gasteiger partial charge in [-0.1, -0.05) is 13.0 Å². The standard InChI is InChI=1S/C17H27NO3/c1-4-18-17-15-12-14(19-3)8-6-13(15)7-9-16(17)21-11-10-20-5-2/h6,8,12,16-18H,4-5,7,9-11H2,1-3H3. The third kappa shape index (κ3) is 4.19. The number of fused-ring (bicyclic) bond motifs is 1. The van der Waals surface area contributed by atoms with Crippen molar-refractivity contribution in [3.05, 3.63) is 29.3 Å². The summed E-state index contributed by atoms with van der Waals surface area (Å²) in [6, 6.07) is 6.59. The molecule has 21 heavy (non-hydrogen) atoms. The van der Waals surface area contributed by atoms with Gasteiger partial charge in [-0.2, -0.15) is 0 Å². The second-order valence-electron chi connectivity index (χ2n) is 5.24. The highest BCUT2D eigenvalue weighted by atomic mass is 16.5. The van der Waals surface area contributed by atoms with E-state index in [4.69, 9.17) is 14.2 Å². The highest BCUT2D eigenvalue weighted by Gasteiger charge is 2.29. The number of methoxy groups -OCH3 is 1. The average Bonchev–Trinajstić information content (AvgIpc) is 2.52. The second-order valence-corrected chi connectivity index (χ2v) is 5.24. The fourth-order valence-corrected chi connectivity index (χ4v) is 2.93. The van der Waals surface area contributed by atoms with Gasteiger partial charge in [-0.3, -0.25) is 0 Å². The summed E-state index contributed by atoms with van der Waals surface area (Å²) in [5.41, 5.74) is 2.70. The van der Waals surface area contributed by atoms with E-state index in [2.05, 4.69) is 24.4 Å². The minimum atomic E-state index is 0.199. The summed E-state index contributed by atoms with van der Waals surface area (Å²) < 4.78 is 16.8. The lowest BCUT2D eigenvalue weighted by Gasteiger charge is -2.34. The van der Waals surface area contributed by atoms with Crippen molar-refractivity contribution in [1.82, 2.24) is 5.32 Å². The number of aryl methyl sites for hydroxylation is 1. The Kier molecular flexibility index (Phi) is 6.49. The second kappa shape index (κ2) is 8.37. The third-order valence-electron chi connectivity index (χ3n) is 3.95. The molecule has 1 aliphatic carbocycles.